The highest BCUT2D eigenvalue weighted by molar-refractivity contribution is 5.94. The maximum atomic E-state index is 11.4. The van der Waals surface area contributed by atoms with Crippen molar-refractivity contribution in [1.82, 2.24) is 9.38 Å². The van der Waals surface area contributed by atoms with Gasteiger partial charge in [0.2, 0.25) is 0 Å². The number of para-hydroxylation sites is 2. The number of benzene rings is 1. The zero-order valence-corrected chi connectivity index (χ0v) is 11.9. The van der Waals surface area contributed by atoms with E-state index in [-0.39, 0.29) is 18.1 Å². The molecule has 6 heteroatoms. The lowest BCUT2D eigenvalue weighted by Gasteiger charge is -2.07. The van der Waals surface area contributed by atoms with Crippen LogP contribution in [-0.2, 0) is 6.61 Å². The Bertz CT molecular complexity index is 854. The number of imidazole rings is 1. The highest BCUT2D eigenvalue weighted by atomic mass is 16.5. The zero-order chi connectivity index (χ0) is 15.7. The predicted molar refractivity (Wildman–Crippen MR) is 79.3 cm³/mol. The second kappa shape index (κ2) is 5.40. The summed E-state index contributed by atoms with van der Waals surface area (Å²) < 4.78 is 7.23. The number of fused-ring (bicyclic) bond motifs is 1. The molecule has 2 aromatic heterocycles. The number of nitrogens with zero attached hydrogens (tertiary/aromatic N) is 2. The van der Waals surface area contributed by atoms with E-state index in [9.17, 15) is 15.0 Å². The number of hydrogen-bond acceptors (Lipinski definition) is 4. The summed E-state index contributed by atoms with van der Waals surface area (Å²) in [5, 5.41) is 19.0. The average molecular weight is 298 g/mol. The van der Waals surface area contributed by atoms with Gasteiger partial charge in [-0.25, -0.2) is 9.78 Å². The van der Waals surface area contributed by atoms with Gasteiger partial charge in [0.1, 0.15) is 6.61 Å². The Morgan fingerprint density at radius 3 is 2.77 bits per heavy atom. The smallest absolute Gasteiger partial charge is 0.356 e. The predicted octanol–water partition coefficient (Wildman–Crippen LogP) is 2.63. The van der Waals surface area contributed by atoms with E-state index >= 15 is 0 Å². The van der Waals surface area contributed by atoms with Crippen LogP contribution in [-0.4, -0.2) is 25.6 Å². The van der Waals surface area contributed by atoms with Gasteiger partial charge in [0.05, 0.1) is 5.52 Å². The summed E-state index contributed by atoms with van der Waals surface area (Å²) in [5.41, 5.74) is 1.36. The van der Waals surface area contributed by atoms with Gasteiger partial charge in [-0.3, -0.25) is 4.40 Å². The Morgan fingerprint density at radius 2 is 2.05 bits per heavy atom. The first-order chi connectivity index (χ1) is 10.6. The van der Waals surface area contributed by atoms with Crippen LogP contribution in [0.5, 0.6) is 11.5 Å². The largest absolute Gasteiger partial charge is 0.504 e. The van der Waals surface area contributed by atoms with E-state index < -0.39 is 5.97 Å². The van der Waals surface area contributed by atoms with Gasteiger partial charge < -0.3 is 14.9 Å². The van der Waals surface area contributed by atoms with Gasteiger partial charge >= 0.3 is 5.97 Å². The third-order valence-corrected chi connectivity index (χ3v) is 3.36. The van der Waals surface area contributed by atoms with E-state index in [0.717, 1.165) is 5.56 Å². The minimum atomic E-state index is -1.08. The molecule has 2 heterocycles. The van der Waals surface area contributed by atoms with Crippen LogP contribution in [0.2, 0.25) is 0 Å². The number of carboxylic acid groups (broad SMARTS) is 1. The third kappa shape index (κ3) is 2.35. The highest BCUT2D eigenvalue weighted by Crippen LogP contribution is 2.26. The quantitative estimate of drug-likeness (QED) is 0.773. The molecule has 0 bridgehead atoms. The summed E-state index contributed by atoms with van der Waals surface area (Å²) in [4.78, 5) is 15.5. The SMILES string of the molecule is Cc1cccn2c(COc3ccccc3O)nc(C(=O)O)c12. The second-order valence-corrected chi connectivity index (χ2v) is 4.85. The molecule has 0 aliphatic rings. The van der Waals surface area contributed by atoms with E-state index in [4.69, 9.17) is 4.74 Å². The van der Waals surface area contributed by atoms with Crippen molar-refractivity contribution in [2.75, 3.05) is 0 Å². The zero-order valence-electron chi connectivity index (χ0n) is 11.9. The van der Waals surface area contributed by atoms with Crippen LogP contribution in [0, 0.1) is 6.92 Å². The Labute approximate surface area is 126 Å². The Morgan fingerprint density at radius 1 is 1.27 bits per heavy atom. The van der Waals surface area contributed by atoms with Gasteiger partial charge in [-0.15, -0.1) is 0 Å². The molecule has 0 spiro atoms. The molecule has 22 heavy (non-hydrogen) atoms. The molecule has 3 aromatic rings. The molecule has 0 aliphatic heterocycles. The number of rotatable bonds is 4. The monoisotopic (exact) mass is 298 g/mol. The molecule has 0 saturated carbocycles. The minimum absolute atomic E-state index is 0.00557. The van der Waals surface area contributed by atoms with Crippen molar-refractivity contribution in [3.05, 3.63) is 59.7 Å². The van der Waals surface area contributed by atoms with E-state index in [2.05, 4.69) is 4.98 Å². The van der Waals surface area contributed by atoms with Gasteiger partial charge in [-0.1, -0.05) is 18.2 Å². The number of carbonyl (C=O) groups is 1. The van der Waals surface area contributed by atoms with Gasteiger partial charge in [0.25, 0.3) is 0 Å². The van der Waals surface area contributed by atoms with Crippen LogP contribution >= 0.6 is 0 Å². The van der Waals surface area contributed by atoms with E-state index in [1.165, 1.54) is 6.07 Å². The van der Waals surface area contributed by atoms with Crippen LogP contribution in [0.25, 0.3) is 5.52 Å². The first-order valence-electron chi connectivity index (χ1n) is 6.68. The molecule has 2 N–H and O–H groups in total. The number of aromatic hydroxyl groups is 1. The number of hydrogen-bond donors (Lipinski definition) is 2. The molecule has 6 nitrogen and oxygen atoms in total. The van der Waals surface area contributed by atoms with E-state index in [1.54, 1.807) is 28.8 Å². The summed E-state index contributed by atoms with van der Waals surface area (Å²) >= 11 is 0. The fourth-order valence-electron chi connectivity index (χ4n) is 2.34. The van der Waals surface area contributed by atoms with E-state index in [0.29, 0.717) is 17.1 Å². The molecule has 0 saturated heterocycles. The first-order valence-corrected chi connectivity index (χ1v) is 6.68. The fourth-order valence-corrected chi connectivity index (χ4v) is 2.34. The van der Waals surface area contributed by atoms with Crippen molar-refractivity contribution in [2.24, 2.45) is 0 Å². The maximum absolute atomic E-state index is 11.4. The maximum Gasteiger partial charge on any atom is 0.356 e. The molecule has 0 atom stereocenters. The summed E-state index contributed by atoms with van der Waals surface area (Å²) in [6.07, 6.45) is 1.74. The number of pyridine rings is 1. The number of aromatic nitrogens is 2. The molecule has 1 aromatic carbocycles. The Kier molecular flexibility index (Phi) is 3.42. The fraction of sp³-hybridized carbons (Fsp3) is 0.125. The molecule has 0 radical (unpaired) electrons. The summed E-state index contributed by atoms with van der Waals surface area (Å²) in [7, 11) is 0. The van der Waals surface area contributed by atoms with Gasteiger partial charge in [0, 0.05) is 6.20 Å². The highest BCUT2D eigenvalue weighted by Gasteiger charge is 2.18. The summed E-state index contributed by atoms with van der Waals surface area (Å²) in [6.45, 7) is 1.88. The van der Waals surface area contributed by atoms with Gasteiger partial charge in [-0.05, 0) is 30.7 Å². The number of ether oxygens (including phenoxy) is 1. The van der Waals surface area contributed by atoms with Crippen molar-refractivity contribution < 1.29 is 19.7 Å². The molecule has 3 rings (SSSR count). The van der Waals surface area contributed by atoms with Crippen molar-refractivity contribution in [3.63, 3.8) is 0 Å². The Balaban J connectivity index is 2.00. The Hall–Kier alpha value is -3.02. The summed E-state index contributed by atoms with van der Waals surface area (Å²) in [6, 6.07) is 10.2. The minimum Gasteiger partial charge on any atom is -0.504 e. The second-order valence-electron chi connectivity index (χ2n) is 4.85. The lowest BCUT2D eigenvalue weighted by Crippen LogP contribution is -2.01. The molecule has 0 fully saturated rings. The number of aromatic carboxylic acids is 1. The number of phenols is 1. The number of phenolic OH excluding ortho intramolecular Hbond substituents is 1. The van der Waals surface area contributed by atoms with Crippen LogP contribution in [0.15, 0.2) is 42.6 Å². The topological polar surface area (TPSA) is 84.1 Å². The van der Waals surface area contributed by atoms with Crippen LogP contribution in [0.4, 0.5) is 0 Å². The van der Waals surface area contributed by atoms with Crippen LogP contribution < -0.4 is 4.74 Å². The number of aryl methyl sites for hydroxylation is 1. The average Bonchev–Trinajstić information content (AvgIpc) is 2.87. The van der Waals surface area contributed by atoms with Crippen LogP contribution in [0.1, 0.15) is 21.9 Å². The molecule has 0 unspecified atom stereocenters. The standard InChI is InChI=1S/C16H14N2O4/c1-10-5-4-8-18-13(17-14(15(10)18)16(20)21)9-22-12-7-3-2-6-11(12)19/h2-8,19H,9H2,1H3,(H,20,21). The van der Waals surface area contributed by atoms with Gasteiger partial charge in [-0.2, -0.15) is 0 Å². The third-order valence-electron chi connectivity index (χ3n) is 3.36. The number of carboxylic acids is 1. The first kappa shape index (κ1) is 13.9. The summed E-state index contributed by atoms with van der Waals surface area (Å²) in [5.74, 6) is -0.276. The molecule has 0 amide bonds. The molecular weight excluding hydrogens is 284 g/mol. The lowest BCUT2D eigenvalue weighted by molar-refractivity contribution is 0.0693. The molecule has 112 valence electrons. The normalized spacial score (nSPS) is 10.8. The van der Waals surface area contributed by atoms with Crippen molar-refractivity contribution in [2.45, 2.75) is 13.5 Å². The van der Waals surface area contributed by atoms with Crippen molar-refractivity contribution in [1.29, 1.82) is 0 Å². The molecular formula is C16H14N2O4. The van der Waals surface area contributed by atoms with Crippen LogP contribution in [0.3, 0.4) is 0 Å². The van der Waals surface area contributed by atoms with E-state index in [1.807, 2.05) is 19.1 Å². The van der Waals surface area contributed by atoms with Gasteiger partial charge in [0.15, 0.2) is 23.0 Å². The van der Waals surface area contributed by atoms with Crippen molar-refractivity contribution >= 4 is 11.5 Å². The van der Waals surface area contributed by atoms with Crippen molar-refractivity contribution in [3.8, 4) is 11.5 Å². The molecule has 0 aliphatic carbocycles. The lowest BCUT2D eigenvalue weighted by atomic mass is 10.2.